The number of carbonyl (C=O) groups is 1. The van der Waals surface area contributed by atoms with Crippen molar-refractivity contribution in [3.8, 4) is 0 Å². The molecule has 1 aliphatic heterocycles. The lowest BCUT2D eigenvalue weighted by atomic mass is 10.1. The Balaban J connectivity index is 1.51. The number of carbonyl (C=O) groups excluding carboxylic acids is 1. The van der Waals surface area contributed by atoms with E-state index in [0.717, 1.165) is 22.9 Å². The van der Waals surface area contributed by atoms with E-state index in [1.54, 1.807) is 30.3 Å². The Morgan fingerprint density at radius 3 is 2.47 bits per heavy atom. The van der Waals surface area contributed by atoms with Crippen molar-refractivity contribution in [3.63, 3.8) is 0 Å². The van der Waals surface area contributed by atoms with Crippen LogP contribution in [-0.4, -0.2) is 21.6 Å². The largest absolute Gasteiger partial charge is 0.368 e. The molecule has 1 N–H and O–H groups in total. The fourth-order valence-electron chi connectivity index (χ4n) is 4.25. The molecule has 172 valence electrons. The summed E-state index contributed by atoms with van der Waals surface area (Å²) >= 11 is 6.95. The molecule has 0 unspecified atom stereocenters. The van der Waals surface area contributed by atoms with Gasteiger partial charge in [0.15, 0.2) is 0 Å². The summed E-state index contributed by atoms with van der Waals surface area (Å²) in [6, 6.07) is 22.5. The van der Waals surface area contributed by atoms with Crippen molar-refractivity contribution < 1.29 is 9.53 Å². The first-order valence-electron chi connectivity index (χ1n) is 11.0. The summed E-state index contributed by atoms with van der Waals surface area (Å²) < 4.78 is 9.22. The summed E-state index contributed by atoms with van der Waals surface area (Å²) in [6.07, 6.45) is 1.48. The first kappa shape index (κ1) is 23.0. The fourth-order valence-corrected chi connectivity index (χ4v) is 5.62. The minimum atomic E-state index is -0.329. The third-order valence-corrected chi connectivity index (χ3v) is 6.98. The lowest BCUT2D eigenvalue weighted by Gasteiger charge is -2.19. The van der Waals surface area contributed by atoms with E-state index < -0.39 is 0 Å². The molecule has 8 heteroatoms. The zero-order chi connectivity index (χ0) is 23.7. The number of fused-ring (bicyclic) bond motifs is 1. The highest BCUT2D eigenvalue weighted by molar-refractivity contribution is 9.11. The van der Waals surface area contributed by atoms with Crippen LogP contribution < -0.4 is 10.9 Å². The van der Waals surface area contributed by atoms with Gasteiger partial charge < -0.3 is 4.74 Å². The number of amides is 1. The van der Waals surface area contributed by atoms with Crippen molar-refractivity contribution in [3.05, 3.63) is 103 Å². The average molecular weight is 583 g/mol. The van der Waals surface area contributed by atoms with Crippen LogP contribution in [0.25, 0.3) is 10.9 Å². The first-order chi connectivity index (χ1) is 16.5. The second-order valence-corrected chi connectivity index (χ2v) is 9.96. The van der Waals surface area contributed by atoms with Gasteiger partial charge in [-0.25, -0.2) is 4.98 Å². The molecule has 1 aromatic heterocycles. The minimum Gasteiger partial charge on any atom is -0.368 e. The lowest BCUT2D eigenvalue weighted by Crippen LogP contribution is -2.31. The molecular weight excluding hydrogens is 562 g/mol. The molecule has 1 aliphatic rings. The molecule has 5 rings (SSSR count). The van der Waals surface area contributed by atoms with Crippen molar-refractivity contribution >= 4 is 54.6 Å². The molecule has 2 atom stereocenters. The summed E-state index contributed by atoms with van der Waals surface area (Å²) in [5, 5.41) is 3.30. The molecule has 1 saturated heterocycles. The van der Waals surface area contributed by atoms with E-state index in [0.29, 0.717) is 20.9 Å². The van der Waals surface area contributed by atoms with Crippen LogP contribution in [0.2, 0.25) is 0 Å². The summed E-state index contributed by atoms with van der Waals surface area (Å²) in [5.41, 5.74) is 1.86. The van der Waals surface area contributed by atoms with Crippen molar-refractivity contribution in [2.75, 3.05) is 5.32 Å². The van der Waals surface area contributed by atoms with Crippen LogP contribution in [0.15, 0.2) is 86.5 Å². The number of nitrogens with zero attached hydrogens (tertiary/aromatic N) is 2. The molecule has 0 bridgehead atoms. The van der Waals surface area contributed by atoms with Crippen LogP contribution >= 0.6 is 31.9 Å². The SMILES string of the molecule is O=C(Nc1nc2cc(Br)cc(Br)c2c(=O)n1C[C@H]1CC[C@@H](c2ccccc2)O1)c1ccccc1. The smallest absolute Gasteiger partial charge is 0.264 e. The zero-order valence-electron chi connectivity index (χ0n) is 18.1. The van der Waals surface area contributed by atoms with Gasteiger partial charge in [0.2, 0.25) is 5.95 Å². The highest BCUT2D eigenvalue weighted by Crippen LogP contribution is 2.34. The zero-order valence-corrected chi connectivity index (χ0v) is 21.3. The number of hydrogen-bond donors (Lipinski definition) is 1. The van der Waals surface area contributed by atoms with Gasteiger partial charge in [-0.3, -0.25) is 19.5 Å². The van der Waals surface area contributed by atoms with E-state index in [1.807, 2.05) is 30.3 Å². The summed E-state index contributed by atoms with van der Waals surface area (Å²) in [5.74, 6) is -0.132. The monoisotopic (exact) mass is 581 g/mol. The number of nitrogens with one attached hydrogen (secondary N) is 1. The van der Waals surface area contributed by atoms with Crippen molar-refractivity contribution in [1.29, 1.82) is 0 Å². The Bertz CT molecular complexity index is 1410. The molecule has 3 aromatic carbocycles. The topological polar surface area (TPSA) is 73.2 Å². The first-order valence-corrected chi connectivity index (χ1v) is 12.5. The Labute approximate surface area is 213 Å². The van der Waals surface area contributed by atoms with Crippen molar-refractivity contribution in [2.24, 2.45) is 0 Å². The van der Waals surface area contributed by atoms with Gasteiger partial charge in [-0.05, 0) is 58.6 Å². The van der Waals surface area contributed by atoms with Crippen LogP contribution in [0, 0.1) is 0 Å². The van der Waals surface area contributed by atoms with Crippen LogP contribution in [0.3, 0.4) is 0 Å². The van der Waals surface area contributed by atoms with Gasteiger partial charge in [-0.1, -0.05) is 64.5 Å². The number of halogens is 2. The summed E-state index contributed by atoms with van der Waals surface area (Å²) in [4.78, 5) is 31.2. The van der Waals surface area contributed by atoms with Crippen molar-refractivity contribution in [2.45, 2.75) is 31.6 Å². The van der Waals surface area contributed by atoms with Gasteiger partial charge in [0, 0.05) is 14.5 Å². The maximum Gasteiger partial charge on any atom is 0.264 e. The second kappa shape index (κ2) is 9.82. The van der Waals surface area contributed by atoms with Crippen LogP contribution in [0.4, 0.5) is 5.95 Å². The van der Waals surface area contributed by atoms with Crippen LogP contribution in [-0.2, 0) is 11.3 Å². The highest BCUT2D eigenvalue weighted by Gasteiger charge is 2.28. The number of hydrogen-bond acceptors (Lipinski definition) is 4. The van der Waals surface area contributed by atoms with Crippen LogP contribution in [0.1, 0.15) is 34.9 Å². The average Bonchev–Trinajstić information content (AvgIpc) is 3.31. The van der Waals surface area contributed by atoms with Gasteiger partial charge in [0.05, 0.1) is 29.7 Å². The molecule has 6 nitrogen and oxygen atoms in total. The third-order valence-electron chi connectivity index (χ3n) is 5.90. The molecule has 4 aromatic rings. The molecule has 1 fully saturated rings. The van der Waals surface area contributed by atoms with Gasteiger partial charge in [-0.2, -0.15) is 0 Å². The van der Waals surface area contributed by atoms with Gasteiger partial charge in [-0.15, -0.1) is 0 Å². The fraction of sp³-hybridized carbons (Fsp3) is 0.192. The summed E-state index contributed by atoms with van der Waals surface area (Å²) in [7, 11) is 0. The molecular formula is C26H21Br2N3O3. The molecule has 0 spiro atoms. The van der Waals surface area contributed by atoms with E-state index in [4.69, 9.17) is 4.74 Å². The number of aromatic nitrogens is 2. The predicted molar refractivity (Wildman–Crippen MR) is 139 cm³/mol. The van der Waals surface area contributed by atoms with Gasteiger partial charge in [0.25, 0.3) is 11.5 Å². The van der Waals surface area contributed by atoms with Crippen molar-refractivity contribution in [1.82, 2.24) is 9.55 Å². The number of ether oxygens (including phenoxy) is 1. The van der Waals surface area contributed by atoms with E-state index in [1.165, 1.54) is 4.57 Å². The van der Waals surface area contributed by atoms with E-state index >= 15 is 0 Å². The Kier molecular flexibility index (Phi) is 6.63. The molecule has 0 aliphatic carbocycles. The Hall–Kier alpha value is -2.81. The Morgan fingerprint density at radius 2 is 1.74 bits per heavy atom. The number of rotatable bonds is 5. The van der Waals surface area contributed by atoms with Gasteiger partial charge >= 0.3 is 0 Å². The predicted octanol–water partition coefficient (Wildman–Crippen LogP) is 6.09. The lowest BCUT2D eigenvalue weighted by molar-refractivity contribution is 0.0347. The molecule has 0 radical (unpaired) electrons. The summed E-state index contributed by atoms with van der Waals surface area (Å²) in [6.45, 7) is 0.290. The van der Waals surface area contributed by atoms with Gasteiger partial charge in [0.1, 0.15) is 0 Å². The number of benzene rings is 3. The third kappa shape index (κ3) is 4.71. The highest BCUT2D eigenvalue weighted by atomic mass is 79.9. The normalized spacial score (nSPS) is 17.7. The minimum absolute atomic E-state index is 0.0135. The molecule has 34 heavy (non-hydrogen) atoms. The van der Waals surface area contributed by atoms with E-state index in [9.17, 15) is 9.59 Å². The molecule has 1 amide bonds. The maximum atomic E-state index is 13.6. The number of anilines is 1. The van der Waals surface area contributed by atoms with Crippen LogP contribution in [0.5, 0.6) is 0 Å². The molecule has 2 heterocycles. The quantitative estimate of drug-likeness (QED) is 0.309. The second-order valence-electron chi connectivity index (χ2n) is 8.19. The van der Waals surface area contributed by atoms with E-state index in [2.05, 4.69) is 54.3 Å². The van der Waals surface area contributed by atoms with E-state index in [-0.39, 0.29) is 36.2 Å². The maximum absolute atomic E-state index is 13.6. The standard InChI is InChI=1S/C26H21Br2N3O3/c27-18-13-20(28)23-21(14-18)29-26(30-24(32)17-9-5-2-6-10-17)31(25(23)33)15-19-11-12-22(34-19)16-7-3-1-4-8-16/h1-10,13-14,19,22H,11-12,15H2,(H,29,30,32)/t19-,22+/m1/s1. The molecule has 0 saturated carbocycles. The Morgan fingerprint density at radius 1 is 1.03 bits per heavy atom.